The normalized spacial score (nSPS) is 13.6. The van der Waals surface area contributed by atoms with Gasteiger partial charge in [-0.2, -0.15) is 0 Å². The molecule has 0 fully saturated rings. The second kappa shape index (κ2) is 7.60. The van der Waals surface area contributed by atoms with Crippen LogP contribution in [-0.4, -0.2) is 21.6 Å². The Kier molecular flexibility index (Phi) is 5.19. The first-order chi connectivity index (χ1) is 13.0. The number of aromatic nitrogens is 2. The van der Waals surface area contributed by atoms with Gasteiger partial charge in [-0.25, -0.2) is 9.97 Å². The van der Waals surface area contributed by atoms with Crippen LogP contribution in [0.2, 0.25) is 0 Å². The zero-order valence-corrected chi connectivity index (χ0v) is 17.5. The van der Waals surface area contributed by atoms with Crippen LogP contribution in [0.4, 0.5) is 5.69 Å². The SMILES string of the molecule is Cc1nc(SCC(=O)Nc2ccc(C)c(C)c2)c2c3c(sc2n1)CCCC3. The van der Waals surface area contributed by atoms with Crippen LogP contribution in [-0.2, 0) is 17.6 Å². The van der Waals surface area contributed by atoms with Crippen LogP contribution < -0.4 is 5.32 Å². The Hall–Kier alpha value is -1.92. The molecule has 1 amide bonds. The summed E-state index contributed by atoms with van der Waals surface area (Å²) in [5.74, 6) is 1.12. The highest BCUT2D eigenvalue weighted by atomic mass is 32.2. The van der Waals surface area contributed by atoms with E-state index >= 15 is 0 Å². The topological polar surface area (TPSA) is 54.9 Å². The molecule has 4 nitrogen and oxygen atoms in total. The van der Waals surface area contributed by atoms with E-state index in [-0.39, 0.29) is 5.91 Å². The fraction of sp³-hybridized carbons (Fsp3) is 0.381. The van der Waals surface area contributed by atoms with Gasteiger partial charge in [0.05, 0.1) is 5.75 Å². The van der Waals surface area contributed by atoms with Crippen molar-refractivity contribution in [2.24, 2.45) is 0 Å². The van der Waals surface area contributed by atoms with Crippen LogP contribution in [0.25, 0.3) is 10.2 Å². The van der Waals surface area contributed by atoms with E-state index in [0.29, 0.717) is 5.75 Å². The molecule has 0 atom stereocenters. The molecule has 1 N–H and O–H groups in total. The van der Waals surface area contributed by atoms with E-state index in [1.807, 2.05) is 25.1 Å². The Morgan fingerprint density at radius 1 is 1.15 bits per heavy atom. The highest BCUT2D eigenvalue weighted by molar-refractivity contribution is 8.00. The molecule has 6 heteroatoms. The van der Waals surface area contributed by atoms with Crippen molar-refractivity contribution in [1.82, 2.24) is 9.97 Å². The molecule has 0 spiro atoms. The number of hydrogen-bond acceptors (Lipinski definition) is 5. The van der Waals surface area contributed by atoms with E-state index in [2.05, 4.69) is 29.1 Å². The number of aryl methyl sites for hydroxylation is 5. The number of nitrogens with one attached hydrogen (secondary N) is 1. The van der Waals surface area contributed by atoms with Crippen LogP contribution >= 0.6 is 23.1 Å². The molecule has 140 valence electrons. The minimum atomic E-state index is -0.00299. The number of carbonyl (C=O) groups excluding carboxylic acids is 1. The average Bonchev–Trinajstić information content (AvgIpc) is 3.01. The van der Waals surface area contributed by atoms with Crippen molar-refractivity contribution in [2.75, 3.05) is 11.1 Å². The summed E-state index contributed by atoms with van der Waals surface area (Å²) in [6, 6.07) is 6.00. The third kappa shape index (κ3) is 3.87. The number of thiophene rings is 1. The molecular weight excluding hydrogens is 374 g/mol. The molecule has 0 radical (unpaired) electrons. The third-order valence-corrected chi connectivity index (χ3v) is 7.18. The lowest BCUT2D eigenvalue weighted by molar-refractivity contribution is -0.113. The van der Waals surface area contributed by atoms with E-state index in [9.17, 15) is 4.79 Å². The van der Waals surface area contributed by atoms with E-state index < -0.39 is 0 Å². The minimum Gasteiger partial charge on any atom is -0.325 e. The number of anilines is 1. The number of hydrogen-bond donors (Lipinski definition) is 1. The molecule has 4 rings (SSSR count). The summed E-state index contributed by atoms with van der Waals surface area (Å²) >= 11 is 3.32. The number of carbonyl (C=O) groups is 1. The van der Waals surface area contributed by atoms with Gasteiger partial charge >= 0.3 is 0 Å². The van der Waals surface area contributed by atoms with E-state index in [1.54, 1.807) is 11.3 Å². The maximum atomic E-state index is 12.5. The van der Waals surface area contributed by atoms with Crippen molar-refractivity contribution in [3.63, 3.8) is 0 Å². The van der Waals surface area contributed by atoms with Crippen LogP contribution in [0.3, 0.4) is 0 Å². The first kappa shape index (κ1) is 18.4. The quantitative estimate of drug-likeness (QED) is 0.484. The second-order valence-corrected chi connectivity index (χ2v) is 9.15. The first-order valence-electron chi connectivity index (χ1n) is 9.30. The van der Waals surface area contributed by atoms with Gasteiger partial charge in [0.2, 0.25) is 5.91 Å². The lowest BCUT2D eigenvalue weighted by atomic mass is 9.97. The molecule has 0 saturated heterocycles. The molecule has 0 aliphatic heterocycles. The van der Waals surface area contributed by atoms with Crippen molar-refractivity contribution in [2.45, 2.75) is 51.5 Å². The maximum Gasteiger partial charge on any atom is 0.234 e. The number of thioether (sulfide) groups is 1. The Morgan fingerprint density at radius 3 is 2.78 bits per heavy atom. The van der Waals surface area contributed by atoms with Crippen molar-refractivity contribution in [1.29, 1.82) is 0 Å². The monoisotopic (exact) mass is 397 g/mol. The Labute approximate surface area is 167 Å². The molecule has 2 aromatic heterocycles. The van der Waals surface area contributed by atoms with Crippen molar-refractivity contribution in [3.8, 4) is 0 Å². The van der Waals surface area contributed by atoms with Gasteiger partial charge in [0.1, 0.15) is 15.7 Å². The largest absolute Gasteiger partial charge is 0.325 e. The standard InChI is InChI=1S/C21H23N3OS2/c1-12-8-9-15(10-13(12)2)24-18(25)11-26-20-19-16-6-4-5-7-17(16)27-21(19)23-14(3)22-20/h8-10H,4-7,11H2,1-3H3,(H,24,25). The van der Waals surface area contributed by atoms with Crippen LogP contribution in [0.1, 0.15) is 40.2 Å². The lowest BCUT2D eigenvalue weighted by Gasteiger charge is -2.12. The summed E-state index contributed by atoms with van der Waals surface area (Å²) in [7, 11) is 0. The smallest absolute Gasteiger partial charge is 0.234 e. The van der Waals surface area contributed by atoms with Gasteiger partial charge in [0.25, 0.3) is 0 Å². The van der Waals surface area contributed by atoms with Gasteiger partial charge in [0, 0.05) is 16.0 Å². The zero-order valence-electron chi connectivity index (χ0n) is 15.9. The average molecular weight is 398 g/mol. The summed E-state index contributed by atoms with van der Waals surface area (Å²) in [6.45, 7) is 6.05. The summed E-state index contributed by atoms with van der Waals surface area (Å²) in [4.78, 5) is 24.3. The van der Waals surface area contributed by atoms with Gasteiger partial charge in [-0.1, -0.05) is 17.8 Å². The van der Waals surface area contributed by atoms with E-state index in [1.165, 1.54) is 51.6 Å². The summed E-state index contributed by atoms with van der Waals surface area (Å²) in [6.07, 6.45) is 4.73. The number of rotatable bonds is 4. The van der Waals surface area contributed by atoms with Gasteiger partial charge in [-0.05, 0) is 75.3 Å². The molecule has 0 bridgehead atoms. The summed E-state index contributed by atoms with van der Waals surface area (Å²) < 4.78 is 0. The van der Waals surface area contributed by atoms with Gasteiger partial charge in [-0.15, -0.1) is 11.3 Å². The van der Waals surface area contributed by atoms with E-state index in [4.69, 9.17) is 0 Å². The van der Waals surface area contributed by atoms with Crippen molar-refractivity contribution in [3.05, 3.63) is 45.6 Å². The molecule has 1 aromatic carbocycles. The maximum absolute atomic E-state index is 12.5. The number of amides is 1. The van der Waals surface area contributed by atoms with Crippen molar-refractivity contribution >= 4 is 44.9 Å². The number of benzene rings is 1. The molecule has 1 aliphatic rings. The summed E-state index contributed by atoms with van der Waals surface area (Å²) in [5.41, 5.74) is 4.67. The number of fused-ring (bicyclic) bond motifs is 3. The molecule has 3 aromatic rings. The second-order valence-electron chi connectivity index (χ2n) is 7.10. The Morgan fingerprint density at radius 2 is 1.96 bits per heavy atom. The summed E-state index contributed by atoms with van der Waals surface area (Å²) in [5, 5.41) is 5.13. The van der Waals surface area contributed by atoms with Crippen LogP contribution in [0, 0.1) is 20.8 Å². The molecule has 2 heterocycles. The zero-order chi connectivity index (χ0) is 19.0. The van der Waals surface area contributed by atoms with Crippen LogP contribution in [0.15, 0.2) is 23.2 Å². The van der Waals surface area contributed by atoms with Gasteiger partial charge < -0.3 is 5.32 Å². The molecule has 27 heavy (non-hydrogen) atoms. The third-order valence-electron chi connectivity index (χ3n) is 5.02. The molecular formula is C21H23N3OS2. The predicted molar refractivity (Wildman–Crippen MR) is 114 cm³/mol. The van der Waals surface area contributed by atoms with E-state index in [0.717, 1.165) is 34.2 Å². The number of nitrogens with zero attached hydrogens (tertiary/aromatic N) is 2. The fourth-order valence-corrected chi connectivity index (χ4v) is 5.75. The predicted octanol–water partition coefficient (Wildman–Crippen LogP) is 5.23. The highest BCUT2D eigenvalue weighted by Gasteiger charge is 2.21. The van der Waals surface area contributed by atoms with Gasteiger partial charge in [-0.3, -0.25) is 4.79 Å². The molecule has 0 unspecified atom stereocenters. The molecule has 0 saturated carbocycles. The lowest BCUT2D eigenvalue weighted by Crippen LogP contribution is -2.14. The Bertz CT molecular complexity index is 1030. The van der Waals surface area contributed by atoms with Crippen molar-refractivity contribution < 1.29 is 4.79 Å². The fourth-order valence-electron chi connectivity index (χ4n) is 3.48. The molecule has 1 aliphatic carbocycles. The Balaban J connectivity index is 1.53. The van der Waals surface area contributed by atoms with Gasteiger partial charge in [0.15, 0.2) is 0 Å². The highest BCUT2D eigenvalue weighted by Crippen LogP contribution is 2.39. The minimum absolute atomic E-state index is 0.00299. The first-order valence-corrected chi connectivity index (χ1v) is 11.1. The van der Waals surface area contributed by atoms with Crippen LogP contribution in [0.5, 0.6) is 0 Å².